The predicted molar refractivity (Wildman–Crippen MR) is 136 cm³/mol. The zero-order chi connectivity index (χ0) is 24.0. The van der Waals surface area contributed by atoms with Gasteiger partial charge in [-0.25, -0.2) is 8.42 Å². The summed E-state index contributed by atoms with van der Waals surface area (Å²) in [6.07, 6.45) is 4.48. The van der Waals surface area contributed by atoms with E-state index in [2.05, 4.69) is 41.4 Å². The number of carbonyl (C=O) groups is 1. The Labute approximate surface area is 199 Å². The Balaban J connectivity index is 1.49. The van der Waals surface area contributed by atoms with Crippen molar-refractivity contribution in [3.05, 3.63) is 59.2 Å². The van der Waals surface area contributed by atoms with E-state index < -0.39 is 10.0 Å². The van der Waals surface area contributed by atoms with Crippen LogP contribution in [0.5, 0.6) is 0 Å². The summed E-state index contributed by atoms with van der Waals surface area (Å²) in [5.41, 5.74) is 4.96. The minimum Gasteiger partial charge on any atom is -0.371 e. The van der Waals surface area contributed by atoms with Crippen LogP contribution in [0.1, 0.15) is 49.3 Å². The molecule has 1 amide bonds. The molecule has 3 rings (SSSR count). The van der Waals surface area contributed by atoms with Crippen molar-refractivity contribution in [3.8, 4) is 0 Å². The molecule has 1 aliphatic heterocycles. The van der Waals surface area contributed by atoms with Gasteiger partial charge in [0.05, 0.1) is 11.9 Å². The van der Waals surface area contributed by atoms with Crippen molar-refractivity contribution in [2.45, 2.75) is 53.0 Å². The normalized spacial score (nSPS) is 16.5. The molecule has 1 fully saturated rings. The van der Waals surface area contributed by atoms with E-state index in [9.17, 15) is 13.2 Å². The predicted octanol–water partition coefficient (Wildman–Crippen LogP) is 4.40. The topological polar surface area (TPSA) is 69.7 Å². The number of sulfonamides is 1. The summed E-state index contributed by atoms with van der Waals surface area (Å²) in [4.78, 5) is 14.8. The molecule has 2 aromatic rings. The molecule has 0 spiro atoms. The molecule has 0 aromatic heterocycles. The Morgan fingerprint density at radius 2 is 1.88 bits per heavy atom. The number of nitrogens with one attached hydrogen (secondary N) is 1. The van der Waals surface area contributed by atoms with Crippen molar-refractivity contribution >= 4 is 27.3 Å². The summed E-state index contributed by atoms with van der Waals surface area (Å²) in [7, 11) is -3.43. The van der Waals surface area contributed by atoms with Gasteiger partial charge in [-0.1, -0.05) is 31.2 Å². The fraction of sp³-hybridized carbons (Fsp3) is 0.500. The third-order valence-corrected chi connectivity index (χ3v) is 7.64. The second kappa shape index (κ2) is 11.1. The van der Waals surface area contributed by atoms with Gasteiger partial charge in [-0.05, 0) is 73.9 Å². The summed E-state index contributed by atoms with van der Waals surface area (Å²) in [6, 6.07) is 14.0. The number of anilines is 2. The molecule has 0 bridgehead atoms. The van der Waals surface area contributed by atoms with Crippen LogP contribution in [0.15, 0.2) is 42.5 Å². The highest BCUT2D eigenvalue weighted by Gasteiger charge is 2.20. The number of amides is 1. The molecule has 2 aromatic carbocycles. The summed E-state index contributed by atoms with van der Waals surface area (Å²) in [5, 5.41) is 2.96. The van der Waals surface area contributed by atoms with Crippen LogP contribution in [0.25, 0.3) is 0 Å². The van der Waals surface area contributed by atoms with Crippen LogP contribution >= 0.6 is 0 Å². The van der Waals surface area contributed by atoms with Crippen LogP contribution in [-0.4, -0.2) is 40.2 Å². The van der Waals surface area contributed by atoms with Gasteiger partial charge in [0.15, 0.2) is 0 Å². The van der Waals surface area contributed by atoms with Crippen LogP contribution in [0.2, 0.25) is 0 Å². The average molecular weight is 472 g/mol. The van der Waals surface area contributed by atoms with E-state index in [1.54, 1.807) is 0 Å². The van der Waals surface area contributed by atoms with Crippen LogP contribution in [0, 0.1) is 19.8 Å². The van der Waals surface area contributed by atoms with E-state index in [1.807, 2.05) is 32.0 Å². The minimum absolute atomic E-state index is 0.0710. The molecule has 1 N–H and O–H groups in total. The number of hydrogen-bond acceptors (Lipinski definition) is 4. The van der Waals surface area contributed by atoms with Gasteiger partial charge in [0, 0.05) is 38.3 Å². The third kappa shape index (κ3) is 6.97. The number of carbonyl (C=O) groups excluding carboxylic acids is 1. The maximum absolute atomic E-state index is 12.4. The number of hydrogen-bond donors (Lipinski definition) is 1. The van der Waals surface area contributed by atoms with Crippen molar-refractivity contribution in [2.24, 2.45) is 5.92 Å². The highest BCUT2D eigenvalue weighted by molar-refractivity contribution is 7.92. The van der Waals surface area contributed by atoms with E-state index in [-0.39, 0.29) is 18.9 Å². The van der Waals surface area contributed by atoms with E-state index in [0.717, 1.165) is 35.7 Å². The lowest BCUT2D eigenvalue weighted by Crippen LogP contribution is -2.34. The first-order valence-electron chi connectivity index (χ1n) is 11.8. The molecule has 180 valence electrons. The van der Waals surface area contributed by atoms with Gasteiger partial charge in [0.25, 0.3) is 0 Å². The average Bonchev–Trinajstić information content (AvgIpc) is 2.77. The van der Waals surface area contributed by atoms with Crippen LogP contribution < -0.4 is 14.5 Å². The van der Waals surface area contributed by atoms with Gasteiger partial charge < -0.3 is 10.2 Å². The number of aryl methyl sites for hydroxylation is 1. The maximum Gasteiger partial charge on any atom is 0.232 e. The first-order chi connectivity index (χ1) is 15.6. The van der Waals surface area contributed by atoms with E-state index in [0.29, 0.717) is 18.7 Å². The Morgan fingerprint density at radius 3 is 2.55 bits per heavy atom. The second-order valence-corrected chi connectivity index (χ2v) is 11.2. The van der Waals surface area contributed by atoms with Crippen LogP contribution in [0.3, 0.4) is 0 Å². The zero-order valence-corrected chi connectivity index (χ0v) is 21.1. The molecule has 1 heterocycles. The van der Waals surface area contributed by atoms with Gasteiger partial charge in [0.1, 0.15) is 0 Å². The summed E-state index contributed by atoms with van der Waals surface area (Å²) in [6.45, 7) is 9.14. The van der Waals surface area contributed by atoms with E-state index in [4.69, 9.17) is 0 Å². The van der Waals surface area contributed by atoms with Gasteiger partial charge in [-0.3, -0.25) is 9.10 Å². The largest absolute Gasteiger partial charge is 0.371 e. The van der Waals surface area contributed by atoms with Gasteiger partial charge in [0.2, 0.25) is 15.9 Å². The fourth-order valence-electron chi connectivity index (χ4n) is 4.39. The Kier molecular flexibility index (Phi) is 8.40. The Bertz CT molecular complexity index is 1050. The second-order valence-electron chi connectivity index (χ2n) is 9.29. The first kappa shape index (κ1) is 25.1. The van der Waals surface area contributed by atoms with Crippen molar-refractivity contribution in [2.75, 3.05) is 35.1 Å². The molecular formula is C26H37N3O3S. The number of rotatable bonds is 9. The number of piperidine rings is 1. The molecule has 1 atom stereocenters. The summed E-state index contributed by atoms with van der Waals surface area (Å²) >= 11 is 0. The summed E-state index contributed by atoms with van der Waals surface area (Å²) < 4.78 is 26.1. The van der Waals surface area contributed by atoms with Gasteiger partial charge in [-0.2, -0.15) is 0 Å². The smallest absolute Gasteiger partial charge is 0.232 e. The lowest BCUT2D eigenvalue weighted by molar-refractivity contribution is -0.121. The molecule has 6 nitrogen and oxygen atoms in total. The van der Waals surface area contributed by atoms with Crippen molar-refractivity contribution in [1.29, 1.82) is 0 Å². The zero-order valence-electron chi connectivity index (χ0n) is 20.3. The molecule has 33 heavy (non-hydrogen) atoms. The van der Waals surface area contributed by atoms with Crippen molar-refractivity contribution < 1.29 is 13.2 Å². The minimum atomic E-state index is -3.43. The number of benzene rings is 2. The lowest BCUT2D eigenvalue weighted by Gasteiger charge is -2.32. The Morgan fingerprint density at radius 1 is 1.15 bits per heavy atom. The molecule has 0 unspecified atom stereocenters. The van der Waals surface area contributed by atoms with E-state index >= 15 is 0 Å². The van der Waals surface area contributed by atoms with Gasteiger partial charge in [-0.15, -0.1) is 0 Å². The van der Waals surface area contributed by atoms with Crippen molar-refractivity contribution in [3.63, 3.8) is 0 Å². The molecule has 1 aliphatic rings. The number of nitrogens with zero attached hydrogens (tertiary/aromatic N) is 2. The monoisotopic (exact) mass is 471 g/mol. The van der Waals surface area contributed by atoms with Crippen LogP contribution in [-0.2, 0) is 21.4 Å². The highest BCUT2D eigenvalue weighted by Crippen LogP contribution is 2.25. The fourth-order valence-corrected chi connectivity index (χ4v) is 5.41. The first-order valence-corrected chi connectivity index (χ1v) is 13.6. The highest BCUT2D eigenvalue weighted by atomic mass is 32.2. The third-order valence-electron chi connectivity index (χ3n) is 6.46. The molecule has 7 heteroatoms. The molecule has 1 saturated heterocycles. The molecule has 0 saturated carbocycles. The standard InChI is InChI=1S/C26H37N3O3S/c1-20-8-6-16-28(19-20)24-14-12-23(13-15-24)18-27-26(30)11-7-17-29(33(4,31)32)25-10-5-9-21(2)22(25)3/h5,9-10,12-15,20H,6-8,11,16-19H2,1-4H3,(H,27,30)/t20-/m1/s1. The maximum atomic E-state index is 12.4. The molecule has 0 radical (unpaired) electrons. The van der Waals surface area contributed by atoms with E-state index in [1.165, 1.54) is 29.1 Å². The van der Waals surface area contributed by atoms with Crippen LogP contribution in [0.4, 0.5) is 11.4 Å². The molecule has 0 aliphatic carbocycles. The van der Waals surface area contributed by atoms with Gasteiger partial charge >= 0.3 is 0 Å². The Hall–Kier alpha value is -2.54. The van der Waals surface area contributed by atoms with Crippen molar-refractivity contribution in [1.82, 2.24) is 5.32 Å². The summed E-state index contributed by atoms with van der Waals surface area (Å²) in [5.74, 6) is 0.657. The SMILES string of the molecule is Cc1cccc(N(CCCC(=O)NCc2ccc(N3CCC[C@@H](C)C3)cc2)S(C)(=O)=O)c1C. The lowest BCUT2D eigenvalue weighted by atomic mass is 9.99. The quantitative estimate of drug-likeness (QED) is 0.588. The molecular weight excluding hydrogens is 434 g/mol.